The highest BCUT2D eigenvalue weighted by Gasteiger charge is 2.31. The number of rotatable bonds is 8. The molecule has 12 nitrogen and oxygen atoms in total. The summed E-state index contributed by atoms with van der Waals surface area (Å²) in [5, 5.41) is 4.68. The fraction of sp³-hybridized carbons (Fsp3) is 0.361. The number of hydrogen-bond acceptors (Lipinski definition) is 10. The molecule has 0 unspecified atom stereocenters. The lowest BCUT2D eigenvalue weighted by Gasteiger charge is -2.39. The maximum Gasteiger partial charge on any atom is 0.327 e. The van der Waals surface area contributed by atoms with Crippen molar-refractivity contribution in [1.29, 1.82) is 0 Å². The maximum atomic E-state index is 14.0. The van der Waals surface area contributed by atoms with Gasteiger partial charge in [0, 0.05) is 68.0 Å². The van der Waals surface area contributed by atoms with E-state index >= 15 is 0 Å². The van der Waals surface area contributed by atoms with E-state index in [0.717, 1.165) is 57.2 Å². The van der Waals surface area contributed by atoms with Gasteiger partial charge in [-0.1, -0.05) is 29.8 Å². The molecule has 2 aliphatic rings. The molecule has 0 spiro atoms. The first-order chi connectivity index (χ1) is 24.2. The zero-order chi connectivity index (χ0) is 34.8. The number of nitrogens with one attached hydrogen (secondary N) is 1. The molecule has 2 fully saturated rings. The van der Waals surface area contributed by atoms with E-state index in [-0.39, 0.29) is 35.2 Å². The van der Waals surface area contributed by atoms with Gasteiger partial charge in [0.1, 0.15) is 11.6 Å². The molecule has 0 radical (unpaired) electrons. The van der Waals surface area contributed by atoms with E-state index < -0.39 is 5.82 Å². The lowest BCUT2D eigenvalue weighted by Crippen LogP contribution is -2.53. The van der Waals surface area contributed by atoms with Crippen LogP contribution in [0.3, 0.4) is 0 Å². The molecule has 1 saturated carbocycles. The van der Waals surface area contributed by atoms with Gasteiger partial charge in [0.2, 0.25) is 0 Å². The van der Waals surface area contributed by atoms with Crippen molar-refractivity contribution in [3.63, 3.8) is 0 Å². The van der Waals surface area contributed by atoms with Crippen LogP contribution >= 0.6 is 11.6 Å². The number of halogens is 2. The van der Waals surface area contributed by atoms with Crippen LogP contribution in [0.4, 0.5) is 20.7 Å². The molecular weight excluding hydrogens is 663 g/mol. The third-order valence-corrected chi connectivity index (χ3v) is 9.64. The minimum atomic E-state index is -0.535. The number of ether oxygens (including phenoxy) is 3. The molecule has 50 heavy (non-hydrogen) atoms. The van der Waals surface area contributed by atoms with E-state index in [2.05, 4.69) is 37.2 Å². The second kappa shape index (κ2) is 14.5. The molecule has 0 bridgehead atoms. The maximum absolute atomic E-state index is 14.0. The first kappa shape index (κ1) is 33.5. The third kappa shape index (κ3) is 7.29. The van der Waals surface area contributed by atoms with Crippen molar-refractivity contribution >= 4 is 50.9 Å². The molecule has 1 aliphatic heterocycles. The number of piperazine rings is 1. The first-order valence-corrected chi connectivity index (χ1v) is 17.0. The highest BCUT2D eigenvalue weighted by molar-refractivity contribution is 6.31. The van der Waals surface area contributed by atoms with Gasteiger partial charge < -0.3 is 34.2 Å². The van der Waals surface area contributed by atoms with Crippen LogP contribution in [0.5, 0.6) is 23.5 Å². The van der Waals surface area contributed by atoms with Gasteiger partial charge >= 0.3 is 18.1 Å². The molecule has 3 aromatic carbocycles. The fourth-order valence-electron chi connectivity index (χ4n) is 6.41. The molecule has 3 heterocycles. The molecule has 1 saturated heterocycles. The van der Waals surface area contributed by atoms with Gasteiger partial charge in [-0.2, -0.15) is 15.0 Å². The molecular formula is C36H38ClFN8O4. The van der Waals surface area contributed by atoms with Crippen molar-refractivity contribution < 1.29 is 23.4 Å². The monoisotopic (exact) mass is 700 g/mol. The number of para-hydroxylation sites is 1. The van der Waals surface area contributed by atoms with Gasteiger partial charge in [-0.15, -0.1) is 0 Å². The highest BCUT2D eigenvalue weighted by atomic mass is 35.5. The number of methoxy groups -OCH3 is 1. The standard InChI is InChI=1S/C36H38ClFN8O4/c1-44-14-16-46(17-15-44)36(47)45(2)24-9-11-25(12-10-24)49-32-19-26-30(20-31(32)48-3)42-35(43-33(26)40-23-8-13-28(38)27(37)18-23)50-34-39-21-22-6-4-5-7-29(22)41-34/h4-8,13,18-21,24-25H,9-12,14-17H2,1-3H3,(H,40,42,43). The Bertz CT molecular complexity index is 2020. The van der Waals surface area contributed by atoms with Gasteiger partial charge in [0.05, 0.1) is 29.3 Å². The average molecular weight is 701 g/mol. The van der Waals surface area contributed by atoms with E-state index in [1.165, 1.54) is 12.1 Å². The first-order valence-electron chi connectivity index (χ1n) is 16.6. The molecule has 0 atom stereocenters. The van der Waals surface area contributed by atoms with E-state index in [9.17, 15) is 9.18 Å². The summed E-state index contributed by atoms with van der Waals surface area (Å²) in [4.78, 5) is 37.4. The van der Waals surface area contributed by atoms with Gasteiger partial charge in [0.25, 0.3) is 0 Å². The van der Waals surface area contributed by atoms with Gasteiger partial charge in [-0.3, -0.25) is 0 Å². The molecule has 2 aromatic heterocycles. The molecule has 260 valence electrons. The lowest BCUT2D eigenvalue weighted by molar-refractivity contribution is 0.0845. The number of fused-ring (bicyclic) bond motifs is 2. The SMILES string of the molecule is COc1cc2nc(Oc3ncc4ccccc4n3)nc(Nc3ccc(F)c(Cl)c3)c2cc1OC1CCC(N(C)C(=O)N2CCN(C)CC2)CC1. The summed E-state index contributed by atoms with van der Waals surface area (Å²) < 4.78 is 32.3. The second-order valence-electron chi connectivity index (χ2n) is 12.7. The Balaban J connectivity index is 1.13. The van der Waals surface area contributed by atoms with Crippen LogP contribution in [0.1, 0.15) is 25.7 Å². The predicted molar refractivity (Wildman–Crippen MR) is 189 cm³/mol. The number of nitrogens with zero attached hydrogens (tertiary/aromatic N) is 7. The van der Waals surface area contributed by atoms with E-state index in [0.29, 0.717) is 39.4 Å². The smallest absolute Gasteiger partial charge is 0.327 e. The fourth-order valence-corrected chi connectivity index (χ4v) is 6.59. The van der Waals surface area contributed by atoms with Crippen molar-refractivity contribution in [1.82, 2.24) is 34.6 Å². The number of amides is 2. The largest absolute Gasteiger partial charge is 0.493 e. The van der Waals surface area contributed by atoms with Gasteiger partial charge in [0.15, 0.2) is 11.5 Å². The summed E-state index contributed by atoms with van der Waals surface area (Å²) in [7, 11) is 5.56. The Labute approximate surface area is 294 Å². The second-order valence-corrected chi connectivity index (χ2v) is 13.1. The number of hydrogen-bond donors (Lipinski definition) is 1. The zero-order valence-electron chi connectivity index (χ0n) is 28.1. The van der Waals surface area contributed by atoms with Crippen LogP contribution < -0.4 is 19.5 Å². The summed E-state index contributed by atoms with van der Waals surface area (Å²) in [5.74, 6) is 0.853. The number of urea groups is 1. The van der Waals surface area contributed by atoms with Crippen LogP contribution in [0, 0.1) is 5.82 Å². The number of anilines is 2. The Morgan fingerprint density at radius 2 is 1.70 bits per heavy atom. The Morgan fingerprint density at radius 3 is 2.46 bits per heavy atom. The highest BCUT2D eigenvalue weighted by Crippen LogP contribution is 2.39. The normalized spacial score (nSPS) is 18.2. The van der Waals surface area contributed by atoms with Crippen molar-refractivity contribution in [3.8, 4) is 23.5 Å². The van der Waals surface area contributed by atoms with Crippen LogP contribution in [0.2, 0.25) is 5.02 Å². The summed E-state index contributed by atoms with van der Waals surface area (Å²) >= 11 is 6.10. The average Bonchev–Trinajstić information content (AvgIpc) is 3.13. The van der Waals surface area contributed by atoms with Crippen LogP contribution in [0.25, 0.3) is 21.8 Å². The minimum absolute atomic E-state index is 0.00669. The zero-order valence-corrected chi connectivity index (χ0v) is 28.9. The van der Waals surface area contributed by atoms with Crippen LogP contribution in [-0.2, 0) is 0 Å². The molecule has 1 aliphatic carbocycles. The van der Waals surface area contributed by atoms with E-state index in [1.54, 1.807) is 25.4 Å². The molecule has 2 amide bonds. The van der Waals surface area contributed by atoms with Crippen molar-refractivity contribution in [3.05, 3.63) is 71.6 Å². The molecule has 7 rings (SSSR count). The summed E-state index contributed by atoms with van der Waals surface area (Å²) in [6.45, 7) is 3.28. The minimum Gasteiger partial charge on any atom is -0.493 e. The summed E-state index contributed by atoms with van der Waals surface area (Å²) in [5.41, 5.74) is 1.72. The third-order valence-electron chi connectivity index (χ3n) is 9.35. The predicted octanol–water partition coefficient (Wildman–Crippen LogP) is 6.90. The molecule has 14 heteroatoms. The van der Waals surface area contributed by atoms with Gasteiger partial charge in [-0.05, 0) is 63.1 Å². The molecule has 5 aromatic rings. The summed E-state index contributed by atoms with van der Waals surface area (Å²) in [6.07, 6.45) is 4.80. The Kier molecular flexibility index (Phi) is 9.68. The quantitative estimate of drug-likeness (QED) is 0.183. The number of carbonyl (C=O) groups is 1. The summed E-state index contributed by atoms with van der Waals surface area (Å²) in [6, 6.07) is 15.8. The lowest BCUT2D eigenvalue weighted by atomic mass is 9.92. The van der Waals surface area contributed by atoms with Crippen molar-refractivity contribution in [2.45, 2.75) is 37.8 Å². The van der Waals surface area contributed by atoms with Crippen LogP contribution in [0.15, 0.2) is 60.8 Å². The van der Waals surface area contributed by atoms with E-state index in [1.807, 2.05) is 47.2 Å². The topological polar surface area (TPSA) is 118 Å². The number of likely N-dealkylation sites (N-methyl/N-ethyl adjacent to an activating group) is 1. The number of benzene rings is 3. The van der Waals surface area contributed by atoms with E-state index in [4.69, 9.17) is 25.8 Å². The van der Waals surface area contributed by atoms with Crippen molar-refractivity contribution in [2.24, 2.45) is 0 Å². The van der Waals surface area contributed by atoms with Gasteiger partial charge in [-0.25, -0.2) is 14.2 Å². The Hall–Kier alpha value is -5.01. The molecule has 1 N–H and O–H groups in total. The number of carbonyl (C=O) groups excluding carboxylic acids is 1. The number of aromatic nitrogens is 4. The van der Waals surface area contributed by atoms with Crippen LogP contribution in [-0.4, -0.2) is 100 Å². The van der Waals surface area contributed by atoms with Crippen molar-refractivity contribution in [2.75, 3.05) is 52.7 Å². The Morgan fingerprint density at radius 1 is 0.940 bits per heavy atom.